The first-order chi connectivity index (χ1) is 14.7. The molecule has 0 spiro atoms. The summed E-state index contributed by atoms with van der Waals surface area (Å²) in [4.78, 5) is 24.2. The minimum absolute atomic E-state index is 0.00763. The van der Waals surface area contributed by atoms with Crippen LogP contribution in [0.3, 0.4) is 0 Å². The Balaban J connectivity index is 1.80. The summed E-state index contributed by atoms with van der Waals surface area (Å²) in [7, 11) is 0. The normalized spacial score (nSPS) is 19.5. The Morgan fingerprint density at radius 1 is 1.10 bits per heavy atom. The van der Waals surface area contributed by atoms with Crippen LogP contribution in [0.1, 0.15) is 43.9 Å². The first-order valence-corrected chi connectivity index (χ1v) is 10.3. The van der Waals surface area contributed by atoms with Crippen LogP contribution in [0.2, 0.25) is 0 Å². The summed E-state index contributed by atoms with van der Waals surface area (Å²) in [5.41, 5.74) is 3.45. The first-order valence-electron chi connectivity index (χ1n) is 10.3. The van der Waals surface area contributed by atoms with Gasteiger partial charge in [-0.05, 0) is 40.3 Å². The fourth-order valence-electron chi connectivity index (χ4n) is 4.96. The number of hydrogen-bond acceptors (Lipinski definition) is 5. The van der Waals surface area contributed by atoms with Gasteiger partial charge in [0.25, 0.3) is 5.69 Å². The van der Waals surface area contributed by atoms with Crippen LogP contribution < -0.4 is 5.32 Å². The lowest BCUT2D eigenvalue weighted by Crippen LogP contribution is -2.33. The van der Waals surface area contributed by atoms with E-state index < -0.39 is 11.0 Å². The molecule has 5 rings (SSSR count). The molecule has 0 fully saturated rings. The van der Waals surface area contributed by atoms with Gasteiger partial charge in [0.05, 0.1) is 11.0 Å². The van der Waals surface area contributed by atoms with Crippen molar-refractivity contribution in [3.63, 3.8) is 0 Å². The summed E-state index contributed by atoms with van der Waals surface area (Å²) in [5.74, 6) is -0.0648. The summed E-state index contributed by atoms with van der Waals surface area (Å²) in [6.07, 6.45) is 1.10. The molecule has 0 amide bonds. The zero-order valence-corrected chi connectivity index (χ0v) is 17.3. The van der Waals surface area contributed by atoms with Crippen LogP contribution in [0.4, 0.5) is 11.4 Å². The average molecular weight is 414 g/mol. The maximum absolute atomic E-state index is 13.4. The molecule has 0 saturated carbocycles. The minimum atomic E-state index is -0.646. The summed E-state index contributed by atoms with van der Waals surface area (Å²) in [6.45, 7) is 4.17. The lowest BCUT2D eigenvalue weighted by molar-refractivity contribution is -0.384. The van der Waals surface area contributed by atoms with E-state index in [4.69, 9.17) is 0 Å². The number of fused-ring (bicyclic) bond motifs is 4. The number of carbonyl (C=O) groups is 1. The van der Waals surface area contributed by atoms with Crippen LogP contribution in [0.15, 0.2) is 60.2 Å². The topological polar surface area (TPSA) is 92.5 Å². The van der Waals surface area contributed by atoms with Gasteiger partial charge < -0.3 is 10.4 Å². The number of Topliss-reactive ketones (excluding diaryl/α,β-unsaturated/α-hetero) is 1. The van der Waals surface area contributed by atoms with Crippen LogP contribution in [-0.2, 0) is 4.79 Å². The molecule has 0 saturated heterocycles. The second-order valence-corrected chi connectivity index (χ2v) is 9.12. The monoisotopic (exact) mass is 414 g/mol. The number of anilines is 1. The molecule has 2 aliphatic rings. The van der Waals surface area contributed by atoms with Crippen molar-refractivity contribution in [3.8, 4) is 5.75 Å². The highest BCUT2D eigenvalue weighted by molar-refractivity contribution is 6.13. The summed E-state index contributed by atoms with van der Waals surface area (Å²) >= 11 is 0. The van der Waals surface area contributed by atoms with Crippen LogP contribution in [0.5, 0.6) is 5.75 Å². The predicted octanol–water partition coefficient (Wildman–Crippen LogP) is 5.76. The van der Waals surface area contributed by atoms with Crippen molar-refractivity contribution in [3.05, 3.63) is 81.4 Å². The maximum atomic E-state index is 13.4. The Kier molecular flexibility index (Phi) is 4.15. The predicted molar refractivity (Wildman–Crippen MR) is 120 cm³/mol. The molecule has 3 aromatic rings. The van der Waals surface area contributed by atoms with E-state index >= 15 is 0 Å². The number of benzene rings is 3. The third kappa shape index (κ3) is 3.06. The van der Waals surface area contributed by atoms with Crippen LogP contribution >= 0.6 is 0 Å². The van der Waals surface area contributed by atoms with Crippen LogP contribution in [0, 0.1) is 15.5 Å². The number of nitro benzene ring substituents is 1. The Morgan fingerprint density at radius 2 is 1.87 bits per heavy atom. The number of phenols is 1. The number of hydrogen-bond donors (Lipinski definition) is 2. The largest absolute Gasteiger partial charge is 0.508 e. The third-order valence-corrected chi connectivity index (χ3v) is 6.27. The van der Waals surface area contributed by atoms with Gasteiger partial charge in [0.15, 0.2) is 5.78 Å². The van der Waals surface area contributed by atoms with E-state index in [1.165, 1.54) is 18.2 Å². The van der Waals surface area contributed by atoms with E-state index in [0.717, 1.165) is 27.6 Å². The van der Waals surface area contributed by atoms with E-state index in [2.05, 4.69) is 25.2 Å². The molecule has 156 valence electrons. The van der Waals surface area contributed by atoms with Crippen molar-refractivity contribution < 1.29 is 14.8 Å². The van der Waals surface area contributed by atoms with Crippen molar-refractivity contribution in [2.75, 3.05) is 5.32 Å². The molecule has 6 heteroatoms. The number of nitrogens with one attached hydrogen (secondary N) is 1. The molecule has 0 unspecified atom stereocenters. The fraction of sp³-hybridized carbons (Fsp3) is 0.240. The number of phenolic OH excluding ortho intramolecular Hbond substituents is 1. The van der Waals surface area contributed by atoms with E-state index in [1.807, 2.05) is 30.3 Å². The molecular formula is C25H22N2O4. The number of nitrogens with zero attached hydrogens (tertiary/aromatic N) is 1. The molecule has 1 atom stereocenters. The van der Waals surface area contributed by atoms with Crippen molar-refractivity contribution in [2.24, 2.45) is 5.41 Å². The second kappa shape index (κ2) is 6.67. The zero-order valence-electron chi connectivity index (χ0n) is 17.3. The Morgan fingerprint density at radius 3 is 2.65 bits per heavy atom. The Bertz CT molecular complexity index is 1310. The highest BCUT2D eigenvalue weighted by Crippen LogP contribution is 2.53. The van der Waals surface area contributed by atoms with Crippen molar-refractivity contribution in [2.45, 2.75) is 32.7 Å². The molecule has 1 aliphatic heterocycles. The lowest BCUT2D eigenvalue weighted by atomic mass is 9.67. The fourth-order valence-corrected chi connectivity index (χ4v) is 4.96. The number of allylic oxidation sites excluding steroid dienone is 1. The minimum Gasteiger partial charge on any atom is -0.508 e. The van der Waals surface area contributed by atoms with Gasteiger partial charge in [-0.3, -0.25) is 14.9 Å². The quantitative estimate of drug-likeness (QED) is 0.411. The molecule has 0 radical (unpaired) electrons. The van der Waals surface area contributed by atoms with Crippen molar-refractivity contribution in [1.82, 2.24) is 0 Å². The molecule has 1 heterocycles. The highest BCUT2D eigenvalue weighted by atomic mass is 16.6. The maximum Gasteiger partial charge on any atom is 0.270 e. The highest BCUT2D eigenvalue weighted by Gasteiger charge is 2.41. The van der Waals surface area contributed by atoms with Crippen molar-refractivity contribution >= 4 is 33.5 Å². The van der Waals surface area contributed by atoms with E-state index in [0.29, 0.717) is 24.0 Å². The van der Waals surface area contributed by atoms with Gasteiger partial charge in [-0.1, -0.05) is 44.2 Å². The number of nitro groups is 1. The van der Waals surface area contributed by atoms with E-state index in [1.54, 1.807) is 0 Å². The Hall–Kier alpha value is -3.67. The molecule has 31 heavy (non-hydrogen) atoms. The standard InChI is InChI=1S/C25H22N2O4/c1-25(2)12-18-22-16-6-4-3-5-14(16)7-9-19(22)26-24(23(18)21(29)13-25)17-11-15(27(30)31)8-10-20(17)28/h3-11,24,26,28H,12-13H2,1-2H3/t24-/m1/s1. The van der Waals surface area contributed by atoms with Gasteiger partial charge in [0, 0.05) is 40.9 Å². The Labute approximate surface area is 179 Å². The number of ketones is 1. The smallest absolute Gasteiger partial charge is 0.270 e. The van der Waals surface area contributed by atoms with Gasteiger partial charge >= 0.3 is 0 Å². The summed E-state index contributed by atoms with van der Waals surface area (Å²) in [5, 5.41) is 27.5. The first kappa shape index (κ1) is 19.3. The van der Waals surface area contributed by atoms with E-state index in [-0.39, 0.29) is 22.6 Å². The number of rotatable bonds is 2. The second-order valence-electron chi connectivity index (χ2n) is 9.12. The molecule has 0 aromatic heterocycles. The van der Waals surface area contributed by atoms with Gasteiger partial charge in [-0.25, -0.2) is 0 Å². The van der Waals surface area contributed by atoms with Gasteiger partial charge in [0.2, 0.25) is 0 Å². The van der Waals surface area contributed by atoms with E-state index in [9.17, 15) is 20.0 Å². The van der Waals surface area contributed by atoms with Gasteiger partial charge in [-0.2, -0.15) is 0 Å². The molecule has 6 nitrogen and oxygen atoms in total. The summed E-state index contributed by atoms with van der Waals surface area (Å²) < 4.78 is 0. The lowest BCUT2D eigenvalue weighted by Gasteiger charge is -2.40. The SMILES string of the molecule is CC1(C)CC(=O)C2=C(C1)c1c(ccc3ccccc13)N[C@@H]2c1cc([N+](=O)[O-])ccc1O. The molecule has 2 N–H and O–H groups in total. The zero-order chi connectivity index (χ0) is 21.9. The number of aromatic hydroxyl groups is 1. The van der Waals surface area contributed by atoms with Gasteiger partial charge in [-0.15, -0.1) is 0 Å². The molecular weight excluding hydrogens is 392 g/mol. The molecule has 1 aliphatic carbocycles. The van der Waals surface area contributed by atoms with Crippen molar-refractivity contribution in [1.29, 1.82) is 0 Å². The third-order valence-electron chi connectivity index (χ3n) is 6.27. The number of non-ortho nitro benzene ring substituents is 1. The van der Waals surface area contributed by atoms with Gasteiger partial charge in [0.1, 0.15) is 5.75 Å². The number of carbonyl (C=O) groups excluding carboxylic acids is 1. The summed E-state index contributed by atoms with van der Waals surface area (Å²) in [6, 6.07) is 15.4. The molecule has 3 aromatic carbocycles. The average Bonchev–Trinajstić information content (AvgIpc) is 2.72. The van der Waals surface area contributed by atoms with Crippen LogP contribution in [0.25, 0.3) is 16.3 Å². The van der Waals surface area contributed by atoms with Crippen LogP contribution in [-0.4, -0.2) is 15.8 Å². The molecule has 0 bridgehead atoms.